The molecule has 2 unspecified atom stereocenters. The van der Waals surface area contributed by atoms with Crippen LogP contribution in [-0.2, 0) is 19.1 Å². The lowest BCUT2D eigenvalue weighted by Crippen LogP contribution is -2.39. The highest BCUT2D eigenvalue weighted by atomic mass is 16.5. The highest BCUT2D eigenvalue weighted by Crippen LogP contribution is 2.35. The van der Waals surface area contributed by atoms with Gasteiger partial charge in [0.1, 0.15) is 6.10 Å². The molecule has 1 aliphatic carbocycles. The van der Waals surface area contributed by atoms with E-state index < -0.39 is 0 Å². The molecule has 0 aromatic heterocycles. The van der Waals surface area contributed by atoms with E-state index in [0.29, 0.717) is 29.9 Å². The molecule has 0 N–H and O–H groups in total. The molecule has 0 aliphatic heterocycles. The van der Waals surface area contributed by atoms with Gasteiger partial charge in [-0.1, -0.05) is 20.4 Å². The largest absolute Gasteiger partial charge is 0.462 e. The van der Waals surface area contributed by atoms with Crippen molar-refractivity contribution in [2.24, 2.45) is 17.8 Å². The second-order valence-corrected chi connectivity index (χ2v) is 5.74. The van der Waals surface area contributed by atoms with Gasteiger partial charge in [0.25, 0.3) is 0 Å². The van der Waals surface area contributed by atoms with Crippen LogP contribution in [0.4, 0.5) is 0 Å². The molecule has 1 saturated carbocycles. The van der Waals surface area contributed by atoms with E-state index in [-0.39, 0.29) is 18.0 Å². The molecule has 0 aromatic carbocycles. The van der Waals surface area contributed by atoms with Crippen molar-refractivity contribution in [1.29, 1.82) is 0 Å². The van der Waals surface area contributed by atoms with E-state index in [1.165, 1.54) is 6.92 Å². The van der Waals surface area contributed by atoms with Gasteiger partial charge in [-0.15, -0.1) is 0 Å². The molecule has 1 aliphatic rings. The summed E-state index contributed by atoms with van der Waals surface area (Å²) >= 11 is 0. The van der Waals surface area contributed by atoms with Gasteiger partial charge in [-0.2, -0.15) is 0 Å². The Morgan fingerprint density at radius 1 is 1.16 bits per heavy atom. The Morgan fingerprint density at radius 3 is 2.11 bits per heavy atom. The van der Waals surface area contributed by atoms with E-state index in [2.05, 4.69) is 20.4 Å². The summed E-state index contributed by atoms with van der Waals surface area (Å²) in [7, 11) is 0. The molecule has 0 amide bonds. The molecule has 0 spiro atoms. The lowest BCUT2D eigenvalue weighted by molar-refractivity contribution is -0.156. The quantitative estimate of drug-likeness (QED) is 0.581. The minimum absolute atomic E-state index is 0.0226. The molecule has 19 heavy (non-hydrogen) atoms. The summed E-state index contributed by atoms with van der Waals surface area (Å²) in [5, 5.41) is 0. The van der Waals surface area contributed by atoms with E-state index in [9.17, 15) is 9.59 Å². The second-order valence-electron chi connectivity index (χ2n) is 5.74. The fraction of sp³-hybridized carbons (Fsp3) is 0.733. The molecule has 2 atom stereocenters. The number of carbonyl (C=O) groups is 2. The third kappa shape index (κ3) is 4.69. The van der Waals surface area contributed by atoms with Gasteiger partial charge in [0.2, 0.25) is 0 Å². The van der Waals surface area contributed by atoms with Crippen LogP contribution in [0.3, 0.4) is 0 Å². The van der Waals surface area contributed by atoms with Crippen LogP contribution in [-0.4, -0.2) is 24.6 Å². The van der Waals surface area contributed by atoms with Crippen LogP contribution in [0.2, 0.25) is 0 Å². The SMILES string of the molecule is C=C(C)C(=O)OCC1CC(C)C(OC(C)=O)C(C)C1. The van der Waals surface area contributed by atoms with Crippen molar-refractivity contribution >= 4 is 11.9 Å². The summed E-state index contributed by atoms with van der Waals surface area (Å²) in [6.45, 7) is 11.2. The van der Waals surface area contributed by atoms with Crippen molar-refractivity contribution in [3.8, 4) is 0 Å². The maximum absolute atomic E-state index is 11.4. The molecule has 4 heteroatoms. The Labute approximate surface area is 115 Å². The van der Waals surface area contributed by atoms with Crippen LogP contribution in [0, 0.1) is 17.8 Å². The van der Waals surface area contributed by atoms with E-state index in [4.69, 9.17) is 9.47 Å². The zero-order valence-corrected chi connectivity index (χ0v) is 12.3. The number of esters is 2. The molecule has 1 rings (SSSR count). The van der Waals surface area contributed by atoms with Gasteiger partial charge in [0.15, 0.2) is 0 Å². The van der Waals surface area contributed by atoms with Crippen molar-refractivity contribution < 1.29 is 19.1 Å². The van der Waals surface area contributed by atoms with Gasteiger partial charge < -0.3 is 9.47 Å². The molecular weight excluding hydrogens is 244 g/mol. The van der Waals surface area contributed by atoms with Gasteiger partial charge in [0.05, 0.1) is 6.61 Å². The van der Waals surface area contributed by atoms with Crippen molar-refractivity contribution in [2.75, 3.05) is 6.61 Å². The maximum Gasteiger partial charge on any atom is 0.333 e. The molecule has 0 bridgehead atoms. The number of ether oxygens (including phenoxy) is 2. The minimum Gasteiger partial charge on any atom is -0.462 e. The van der Waals surface area contributed by atoms with Crippen LogP contribution in [0.15, 0.2) is 12.2 Å². The molecule has 0 saturated heterocycles. The molecule has 0 aromatic rings. The zero-order chi connectivity index (χ0) is 14.6. The van der Waals surface area contributed by atoms with Crippen molar-refractivity contribution in [2.45, 2.75) is 46.6 Å². The summed E-state index contributed by atoms with van der Waals surface area (Å²) in [6, 6.07) is 0. The molecule has 108 valence electrons. The molecule has 4 nitrogen and oxygen atoms in total. The first-order chi connectivity index (χ1) is 8.81. The van der Waals surface area contributed by atoms with Gasteiger partial charge >= 0.3 is 11.9 Å². The van der Waals surface area contributed by atoms with Crippen LogP contribution in [0.25, 0.3) is 0 Å². The van der Waals surface area contributed by atoms with E-state index in [0.717, 1.165) is 12.8 Å². The fourth-order valence-electron chi connectivity index (χ4n) is 2.85. The second kappa shape index (κ2) is 6.73. The zero-order valence-electron chi connectivity index (χ0n) is 12.3. The Balaban J connectivity index is 2.48. The highest BCUT2D eigenvalue weighted by Gasteiger charge is 2.35. The first-order valence-electron chi connectivity index (χ1n) is 6.81. The Bertz CT molecular complexity index is 349. The topological polar surface area (TPSA) is 52.6 Å². The Hall–Kier alpha value is -1.32. The van der Waals surface area contributed by atoms with Crippen molar-refractivity contribution in [1.82, 2.24) is 0 Å². The first kappa shape index (κ1) is 15.7. The summed E-state index contributed by atoms with van der Waals surface area (Å²) in [5.74, 6) is 0.362. The van der Waals surface area contributed by atoms with Gasteiger partial charge in [-0.3, -0.25) is 4.79 Å². The summed E-state index contributed by atoms with van der Waals surface area (Å²) in [5.41, 5.74) is 0.426. The van der Waals surface area contributed by atoms with Gasteiger partial charge in [0, 0.05) is 12.5 Å². The Kier molecular flexibility index (Phi) is 5.58. The number of hydrogen-bond donors (Lipinski definition) is 0. The number of rotatable bonds is 4. The predicted octanol–water partition coefficient (Wildman–Crippen LogP) is 2.72. The lowest BCUT2D eigenvalue weighted by atomic mass is 9.75. The molecular formula is C15H24O4. The minimum atomic E-state index is -0.331. The third-order valence-electron chi connectivity index (χ3n) is 3.63. The highest BCUT2D eigenvalue weighted by molar-refractivity contribution is 5.86. The first-order valence-corrected chi connectivity index (χ1v) is 6.81. The smallest absolute Gasteiger partial charge is 0.333 e. The fourth-order valence-corrected chi connectivity index (χ4v) is 2.85. The lowest BCUT2D eigenvalue weighted by Gasteiger charge is -2.38. The van der Waals surface area contributed by atoms with Crippen molar-refractivity contribution in [3.05, 3.63) is 12.2 Å². The summed E-state index contributed by atoms with van der Waals surface area (Å²) in [6.07, 6.45) is 1.79. The van der Waals surface area contributed by atoms with Crippen LogP contribution >= 0.6 is 0 Å². The van der Waals surface area contributed by atoms with Crippen LogP contribution in [0.1, 0.15) is 40.5 Å². The maximum atomic E-state index is 11.4. The molecule has 0 heterocycles. The third-order valence-corrected chi connectivity index (χ3v) is 3.63. The summed E-state index contributed by atoms with van der Waals surface area (Å²) in [4.78, 5) is 22.4. The van der Waals surface area contributed by atoms with E-state index in [1.807, 2.05) is 0 Å². The molecule has 0 radical (unpaired) electrons. The molecule has 1 fully saturated rings. The normalized spacial score (nSPS) is 30.5. The Morgan fingerprint density at radius 2 is 1.68 bits per heavy atom. The number of carbonyl (C=O) groups excluding carboxylic acids is 2. The average Bonchev–Trinajstić information content (AvgIpc) is 2.30. The standard InChI is InChI=1S/C15H24O4/c1-9(2)15(17)18-8-13-6-10(3)14(11(4)7-13)19-12(5)16/h10-11,13-14H,1,6-8H2,2-5H3. The summed E-state index contributed by atoms with van der Waals surface area (Å²) < 4.78 is 10.6. The average molecular weight is 268 g/mol. The van der Waals surface area contributed by atoms with E-state index in [1.54, 1.807) is 6.92 Å². The predicted molar refractivity (Wildman–Crippen MR) is 72.4 cm³/mol. The monoisotopic (exact) mass is 268 g/mol. The van der Waals surface area contributed by atoms with E-state index >= 15 is 0 Å². The van der Waals surface area contributed by atoms with Gasteiger partial charge in [-0.05, 0) is 37.5 Å². The van der Waals surface area contributed by atoms with Crippen LogP contribution in [0.5, 0.6) is 0 Å². The van der Waals surface area contributed by atoms with Gasteiger partial charge in [-0.25, -0.2) is 4.79 Å². The van der Waals surface area contributed by atoms with Crippen LogP contribution < -0.4 is 0 Å². The number of hydrogen-bond acceptors (Lipinski definition) is 4. The van der Waals surface area contributed by atoms with Crippen molar-refractivity contribution in [3.63, 3.8) is 0 Å².